The Bertz CT molecular complexity index is 446. The van der Waals surface area contributed by atoms with Gasteiger partial charge in [-0.15, -0.1) is 11.3 Å². The zero-order valence-corrected chi connectivity index (χ0v) is 9.65. The summed E-state index contributed by atoms with van der Waals surface area (Å²) in [6.07, 6.45) is 3.92. The van der Waals surface area contributed by atoms with Gasteiger partial charge in [0.15, 0.2) is 0 Å². The summed E-state index contributed by atoms with van der Waals surface area (Å²) in [7, 11) is 1.58. The fourth-order valence-electron chi connectivity index (χ4n) is 1.33. The first kappa shape index (κ1) is 11.0. The van der Waals surface area contributed by atoms with E-state index in [1.165, 1.54) is 6.33 Å². The van der Waals surface area contributed by atoms with Crippen molar-refractivity contribution in [3.63, 3.8) is 0 Å². The van der Waals surface area contributed by atoms with E-state index in [4.69, 9.17) is 10.5 Å². The van der Waals surface area contributed by atoms with Crippen molar-refractivity contribution in [3.8, 4) is 5.88 Å². The third-order valence-corrected chi connectivity index (χ3v) is 3.06. The minimum Gasteiger partial charge on any atom is -0.481 e. The molecule has 16 heavy (non-hydrogen) atoms. The summed E-state index contributed by atoms with van der Waals surface area (Å²) in [5, 5.41) is 0. The third kappa shape index (κ3) is 2.53. The van der Waals surface area contributed by atoms with Gasteiger partial charge < -0.3 is 10.5 Å². The summed E-state index contributed by atoms with van der Waals surface area (Å²) >= 11 is 1.55. The van der Waals surface area contributed by atoms with Crippen LogP contribution in [0.5, 0.6) is 5.88 Å². The molecule has 0 aliphatic heterocycles. The predicted molar refractivity (Wildman–Crippen MR) is 61.3 cm³/mol. The maximum absolute atomic E-state index is 6.03. The van der Waals surface area contributed by atoms with E-state index in [0.29, 0.717) is 12.3 Å². The maximum atomic E-state index is 6.03. The molecule has 0 amide bonds. The quantitative estimate of drug-likeness (QED) is 0.863. The van der Waals surface area contributed by atoms with Crippen molar-refractivity contribution in [2.45, 2.75) is 12.5 Å². The minimum atomic E-state index is -0.0768. The Morgan fingerprint density at radius 1 is 1.50 bits per heavy atom. The van der Waals surface area contributed by atoms with Crippen LogP contribution in [0, 0.1) is 0 Å². The lowest BCUT2D eigenvalue weighted by atomic mass is 10.1. The van der Waals surface area contributed by atoms with Crippen molar-refractivity contribution in [1.82, 2.24) is 15.0 Å². The van der Waals surface area contributed by atoms with Gasteiger partial charge in [-0.3, -0.25) is 4.98 Å². The lowest BCUT2D eigenvalue weighted by Crippen LogP contribution is -2.12. The second kappa shape index (κ2) is 5.00. The largest absolute Gasteiger partial charge is 0.481 e. The summed E-state index contributed by atoms with van der Waals surface area (Å²) in [4.78, 5) is 13.1. The molecule has 2 N–H and O–H groups in total. The van der Waals surface area contributed by atoms with Gasteiger partial charge in [0.05, 0.1) is 12.6 Å². The Hall–Kier alpha value is -1.53. The predicted octanol–water partition coefficient (Wildman–Crippen LogP) is 1.18. The van der Waals surface area contributed by atoms with Crippen molar-refractivity contribution < 1.29 is 4.74 Å². The van der Waals surface area contributed by atoms with Gasteiger partial charge in [-0.1, -0.05) is 0 Å². The van der Waals surface area contributed by atoms with Gasteiger partial charge >= 0.3 is 0 Å². The number of aromatic nitrogens is 3. The van der Waals surface area contributed by atoms with Crippen molar-refractivity contribution in [2.75, 3.05) is 7.11 Å². The van der Waals surface area contributed by atoms with Crippen LogP contribution in [0.25, 0.3) is 0 Å². The maximum Gasteiger partial charge on any atom is 0.216 e. The summed E-state index contributed by atoms with van der Waals surface area (Å²) < 4.78 is 5.03. The average molecular weight is 236 g/mol. The van der Waals surface area contributed by atoms with Gasteiger partial charge in [0.1, 0.15) is 6.33 Å². The third-order valence-electron chi connectivity index (χ3n) is 2.15. The fourth-order valence-corrected chi connectivity index (χ4v) is 1.96. The molecule has 0 radical (unpaired) electrons. The van der Waals surface area contributed by atoms with Crippen LogP contribution in [0.2, 0.25) is 0 Å². The Labute approximate surface area is 97.3 Å². The molecule has 2 rings (SSSR count). The summed E-state index contributed by atoms with van der Waals surface area (Å²) in [6, 6.07) is 1.72. The highest BCUT2D eigenvalue weighted by molar-refractivity contribution is 7.09. The molecule has 0 aliphatic rings. The number of methoxy groups -OCH3 is 1. The lowest BCUT2D eigenvalue weighted by molar-refractivity contribution is 0.395. The van der Waals surface area contributed by atoms with E-state index >= 15 is 0 Å². The van der Waals surface area contributed by atoms with E-state index in [-0.39, 0.29) is 6.04 Å². The van der Waals surface area contributed by atoms with Gasteiger partial charge in [-0.2, -0.15) is 0 Å². The summed E-state index contributed by atoms with van der Waals surface area (Å²) in [5.41, 5.74) is 8.67. The minimum absolute atomic E-state index is 0.0768. The van der Waals surface area contributed by atoms with E-state index in [1.54, 1.807) is 36.2 Å². The molecule has 0 aliphatic carbocycles. The first-order valence-corrected chi connectivity index (χ1v) is 5.66. The van der Waals surface area contributed by atoms with Crippen molar-refractivity contribution in [3.05, 3.63) is 34.7 Å². The SMILES string of the molecule is COc1cc(CC(N)c2cncs2)ncn1. The first-order chi connectivity index (χ1) is 7.79. The number of hydrogen-bond acceptors (Lipinski definition) is 6. The average Bonchev–Trinajstić information content (AvgIpc) is 2.83. The lowest BCUT2D eigenvalue weighted by Gasteiger charge is -2.08. The highest BCUT2D eigenvalue weighted by Gasteiger charge is 2.10. The van der Waals surface area contributed by atoms with Crippen LogP contribution in [-0.2, 0) is 6.42 Å². The van der Waals surface area contributed by atoms with Crippen LogP contribution in [0.15, 0.2) is 24.1 Å². The van der Waals surface area contributed by atoms with Gasteiger partial charge in [-0.05, 0) is 0 Å². The smallest absolute Gasteiger partial charge is 0.216 e. The zero-order chi connectivity index (χ0) is 11.4. The van der Waals surface area contributed by atoms with E-state index in [9.17, 15) is 0 Å². The van der Waals surface area contributed by atoms with E-state index in [2.05, 4.69) is 15.0 Å². The van der Waals surface area contributed by atoms with Crippen LogP contribution in [-0.4, -0.2) is 22.1 Å². The highest BCUT2D eigenvalue weighted by Crippen LogP contribution is 2.19. The van der Waals surface area contributed by atoms with Crippen LogP contribution in [0.1, 0.15) is 16.6 Å². The van der Waals surface area contributed by atoms with Crippen molar-refractivity contribution in [2.24, 2.45) is 5.73 Å². The Balaban J connectivity index is 2.08. The van der Waals surface area contributed by atoms with E-state index < -0.39 is 0 Å². The molecular weight excluding hydrogens is 224 g/mol. The topological polar surface area (TPSA) is 73.9 Å². The molecule has 0 aromatic carbocycles. The zero-order valence-electron chi connectivity index (χ0n) is 8.83. The highest BCUT2D eigenvalue weighted by atomic mass is 32.1. The number of nitrogens with zero attached hydrogens (tertiary/aromatic N) is 3. The van der Waals surface area contributed by atoms with Gasteiger partial charge in [0.2, 0.25) is 5.88 Å². The first-order valence-electron chi connectivity index (χ1n) is 4.78. The Kier molecular flexibility index (Phi) is 3.43. The summed E-state index contributed by atoms with van der Waals surface area (Å²) in [6.45, 7) is 0. The standard InChI is InChI=1S/C10H12N4OS/c1-15-10-3-7(13-5-14-10)2-8(11)9-4-12-6-16-9/h3-6,8H,2,11H2,1H3. The van der Waals surface area contributed by atoms with Gasteiger partial charge in [-0.25, -0.2) is 9.97 Å². The van der Waals surface area contributed by atoms with Crippen LogP contribution in [0.4, 0.5) is 0 Å². The molecule has 0 saturated carbocycles. The molecule has 2 aromatic heterocycles. The molecule has 1 unspecified atom stereocenters. The second-order valence-corrected chi connectivity index (χ2v) is 4.18. The van der Waals surface area contributed by atoms with Gasteiger partial charge in [0, 0.05) is 35.3 Å². The Morgan fingerprint density at radius 2 is 2.38 bits per heavy atom. The van der Waals surface area contributed by atoms with E-state index in [0.717, 1.165) is 10.6 Å². The van der Waals surface area contributed by atoms with Crippen LogP contribution in [0.3, 0.4) is 0 Å². The van der Waals surface area contributed by atoms with E-state index in [1.807, 2.05) is 0 Å². The molecule has 0 fully saturated rings. The number of rotatable bonds is 4. The summed E-state index contributed by atoms with van der Waals surface area (Å²) in [5.74, 6) is 0.557. The fraction of sp³-hybridized carbons (Fsp3) is 0.300. The number of nitrogens with two attached hydrogens (primary N) is 1. The Morgan fingerprint density at radius 3 is 3.06 bits per heavy atom. The van der Waals surface area contributed by atoms with Gasteiger partial charge in [0.25, 0.3) is 0 Å². The molecule has 0 saturated heterocycles. The van der Waals surface area contributed by atoms with Crippen LogP contribution < -0.4 is 10.5 Å². The molecule has 0 spiro atoms. The molecule has 1 atom stereocenters. The van der Waals surface area contributed by atoms with Crippen molar-refractivity contribution in [1.29, 1.82) is 0 Å². The monoisotopic (exact) mass is 236 g/mol. The molecule has 6 heteroatoms. The number of ether oxygens (including phenoxy) is 1. The molecular formula is C10H12N4OS. The molecule has 84 valence electrons. The number of hydrogen-bond donors (Lipinski definition) is 1. The number of thiazole rings is 1. The van der Waals surface area contributed by atoms with Crippen molar-refractivity contribution >= 4 is 11.3 Å². The van der Waals surface area contributed by atoms with Crippen LogP contribution >= 0.6 is 11.3 Å². The molecule has 2 heterocycles. The molecule has 2 aromatic rings. The normalized spacial score (nSPS) is 12.4. The second-order valence-electron chi connectivity index (χ2n) is 3.27. The molecule has 5 nitrogen and oxygen atoms in total. The molecule has 0 bridgehead atoms.